The highest BCUT2D eigenvalue weighted by Crippen LogP contribution is 2.35. The van der Waals surface area contributed by atoms with Gasteiger partial charge in [0.15, 0.2) is 5.82 Å². The molecule has 1 heterocycles. The van der Waals surface area contributed by atoms with E-state index in [1.54, 1.807) is 23.0 Å². The Morgan fingerprint density at radius 3 is 2.84 bits per heavy atom. The van der Waals surface area contributed by atoms with Crippen molar-refractivity contribution < 1.29 is 4.92 Å². The predicted octanol–water partition coefficient (Wildman–Crippen LogP) is 3.16. The Morgan fingerprint density at radius 2 is 2.21 bits per heavy atom. The van der Waals surface area contributed by atoms with Crippen molar-refractivity contribution in [2.45, 2.75) is 20.4 Å². The fraction of sp³-hybridized carbons (Fsp3) is 0.333. The molecular formula is C12H13ClN4O2. The molecule has 0 fully saturated rings. The molecule has 6 nitrogen and oxygen atoms in total. The Hall–Kier alpha value is -1.95. The van der Waals surface area contributed by atoms with E-state index in [-0.39, 0.29) is 5.69 Å². The van der Waals surface area contributed by atoms with Crippen LogP contribution in [0.2, 0.25) is 5.02 Å². The molecule has 19 heavy (non-hydrogen) atoms. The first-order valence-corrected chi connectivity index (χ1v) is 6.19. The number of hydrogen-bond donors (Lipinski definition) is 0. The maximum Gasteiger partial charge on any atom is 0.281 e. The Bertz CT molecular complexity index is 610. The van der Waals surface area contributed by atoms with Crippen LogP contribution in [-0.4, -0.2) is 19.7 Å². The molecule has 0 aliphatic carbocycles. The summed E-state index contributed by atoms with van der Waals surface area (Å²) in [5.41, 5.74) is 0.248. The second-order valence-corrected chi connectivity index (χ2v) is 5.00. The Morgan fingerprint density at radius 1 is 1.47 bits per heavy atom. The second-order valence-electron chi connectivity index (χ2n) is 4.59. The highest BCUT2D eigenvalue weighted by atomic mass is 35.5. The number of nitrogens with zero attached hydrogens (tertiary/aromatic N) is 4. The highest BCUT2D eigenvalue weighted by molar-refractivity contribution is 6.33. The van der Waals surface area contributed by atoms with Gasteiger partial charge < -0.3 is 4.57 Å². The van der Waals surface area contributed by atoms with Gasteiger partial charge in [-0.25, -0.2) is 0 Å². The standard InChI is InChI=1S/C12H13ClN4O2/c1-8(2)6-16-7-14-15-12(16)11-9(13)4-3-5-10(11)17(18)19/h3-5,7-8H,6H2,1-2H3. The van der Waals surface area contributed by atoms with Crippen LogP contribution in [0.4, 0.5) is 5.69 Å². The van der Waals surface area contributed by atoms with Crippen LogP contribution in [0.3, 0.4) is 0 Å². The largest absolute Gasteiger partial charge is 0.313 e. The molecule has 2 aromatic rings. The van der Waals surface area contributed by atoms with E-state index in [2.05, 4.69) is 10.2 Å². The summed E-state index contributed by atoms with van der Waals surface area (Å²) in [5, 5.41) is 19.2. The lowest BCUT2D eigenvalue weighted by molar-refractivity contribution is -0.384. The van der Waals surface area contributed by atoms with Crippen LogP contribution < -0.4 is 0 Å². The highest BCUT2D eigenvalue weighted by Gasteiger charge is 2.22. The molecule has 0 spiro atoms. The zero-order chi connectivity index (χ0) is 14.0. The van der Waals surface area contributed by atoms with Crippen molar-refractivity contribution in [2.24, 2.45) is 5.92 Å². The summed E-state index contributed by atoms with van der Waals surface area (Å²) in [7, 11) is 0. The van der Waals surface area contributed by atoms with Crippen LogP contribution in [0.25, 0.3) is 11.4 Å². The van der Waals surface area contributed by atoms with Crippen molar-refractivity contribution in [3.8, 4) is 11.4 Å². The Kier molecular flexibility index (Phi) is 3.80. The molecule has 7 heteroatoms. The average Bonchev–Trinajstić information content (AvgIpc) is 2.75. The number of benzene rings is 1. The number of rotatable bonds is 4. The smallest absolute Gasteiger partial charge is 0.281 e. The molecule has 2 rings (SSSR count). The molecule has 1 aromatic carbocycles. The summed E-state index contributed by atoms with van der Waals surface area (Å²) < 4.78 is 1.78. The van der Waals surface area contributed by atoms with Crippen molar-refractivity contribution in [1.82, 2.24) is 14.8 Å². The van der Waals surface area contributed by atoms with Crippen molar-refractivity contribution in [3.05, 3.63) is 39.7 Å². The molecule has 0 unspecified atom stereocenters. The minimum atomic E-state index is -0.463. The maximum atomic E-state index is 11.1. The van der Waals surface area contributed by atoms with E-state index < -0.39 is 4.92 Å². The summed E-state index contributed by atoms with van der Waals surface area (Å²) in [6, 6.07) is 4.57. The molecule has 0 N–H and O–H groups in total. The van der Waals surface area contributed by atoms with Gasteiger partial charge >= 0.3 is 0 Å². The molecule has 1 aromatic heterocycles. The summed E-state index contributed by atoms with van der Waals surface area (Å²) in [6.45, 7) is 4.76. The van der Waals surface area contributed by atoms with Gasteiger partial charge in [-0.2, -0.15) is 0 Å². The molecule has 0 radical (unpaired) electrons. The first-order chi connectivity index (χ1) is 9.00. The summed E-state index contributed by atoms with van der Waals surface area (Å²) in [6.07, 6.45) is 1.56. The van der Waals surface area contributed by atoms with Gasteiger partial charge in [0.25, 0.3) is 5.69 Å². The van der Waals surface area contributed by atoms with E-state index >= 15 is 0 Å². The first kappa shape index (κ1) is 13.5. The summed E-state index contributed by atoms with van der Waals surface area (Å²) in [5.74, 6) is 0.794. The van der Waals surface area contributed by atoms with Crippen LogP contribution in [0.1, 0.15) is 13.8 Å². The third-order valence-corrected chi connectivity index (χ3v) is 2.90. The molecule has 0 aliphatic heterocycles. The molecule has 0 atom stereocenters. The lowest BCUT2D eigenvalue weighted by atomic mass is 10.1. The number of halogens is 1. The summed E-state index contributed by atoms with van der Waals surface area (Å²) in [4.78, 5) is 10.6. The topological polar surface area (TPSA) is 73.8 Å². The molecule has 0 aliphatic rings. The van der Waals surface area contributed by atoms with E-state index in [1.165, 1.54) is 6.07 Å². The van der Waals surface area contributed by atoms with E-state index in [4.69, 9.17) is 11.6 Å². The van der Waals surface area contributed by atoms with Gasteiger partial charge in [-0.05, 0) is 12.0 Å². The summed E-state index contributed by atoms with van der Waals surface area (Å²) >= 11 is 6.09. The number of nitro benzene ring substituents is 1. The van der Waals surface area contributed by atoms with E-state index in [1.807, 2.05) is 13.8 Å². The monoisotopic (exact) mass is 280 g/mol. The van der Waals surface area contributed by atoms with Crippen molar-refractivity contribution in [3.63, 3.8) is 0 Å². The van der Waals surface area contributed by atoms with Crippen molar-refractivity contribution in [1.29, 1.82) is 0 Å². The quantitative estimate of drug-likeness (QED) is 0.637. The fourth-order valence-electron chi connectivity index (χ4n) is 1.86. The third kappa shape index (κ3) is 2.73. The third-order valence-electron chi connectivity index (χ3n) is 2.59. The van der Waals surface area contributed by atoms with Gasteiger partial charge in [-0.1, -0.05) is 31.5 Å². The van der Waals surface area contributed by atoms with Crippen LogP contribution >= 0.6 is 11.6 Å². The van der Waals surface area contributed by atoms with Gasteiger partial charge in [0.1, 0.15) is 11.9 Å². The molecule has 100 valence electrons. The van der Waals surface area contributed by atoms with Crippen LogP contribution in [0.15, 0.2) is 24.5 Å². The Balaban J connectivity index is 2.59. The minimum Gasteiger partial charge on any atom is -0.313 e. The minimum absolute atomic E-state index is 0.0643. The second kappa shape index (κ2) is 5.36. The van der Waals surface area contributed by atoms with E-state index in [0.29, 0.717) is 28.9 Å². The Labute approximate surface area is 115 Å². The molecule has 0 saturated heterocycles. The van der Waals surface area contributed by atoms with Crippen LogP contribution in [-0.2, 0) is 6.54 Å². The van der Waals surface area contributed by atoms with Gasteiger partial charge in [0.2, 0.25) is 0 Å². The predicted molar refractivity (Wildman–Crippen MR) is 72.0 cm³/mol. The number of nitro groups is 1. The van der Waals surface area contributed by atoms with E-state index in [9.17, 15) is 10.1 Å². The molecular weight excluding hydrogens is 268 g/mol. The molecule has 0 bridgehead atoms. The van der Waals surface area contributed by atoms with Crippen molar-refractivity contribution >= 4 is 17.3 Å². The zero-order valence-electron chi connectivity index (χ0n) is 10.6. The van der Waals surface area contributed by atoms with E-state index in [0.717, 1.165) is 0 Å². The maximum absolute atomic E-state index is 11.1. The molecule has 0 saturated carbocycles. The lowest BCUT2D eigenvalue weighted by Crippen LogP contribution is -2.06. The van der Waals surface area contributed by atoms with Gasteiger partial charge in [-0.15, -0.1) is 10.2 Å². The van der Waals surface area contributed by atoms with Gasteiger partial charge in [0.05, 0.1) is 9.95 Å². The molecule has 0 amide bonds. The van der Waals surface area contributed by atoms with Gasteiger partial charge in [0, 0.05) is 12.6 Å². The number of hydrogen-bond acceptors (Lipinski definition) is 4. The lowest BCUT2D eigenvalue weighted by Gasteiger charge is -2.10. The zero-order valence-corrected chi connectivity index (χ0v) is 11.3. The number of aromatic nitrogens is 3. The van der Waals surface area contributed by atoms with Gasteiger partial charge in [-0.3, -0.25) is 10.1 Å². The SMILES string of the molecule is CC(C)Cn1cnnc1-c1c(Cl)cccc1[N+](=O)[O-]. The fourth-order valence-corrected chi connectivity index (χ4v) is 2.12. The normalized spacial score (nSPS) is 10.9. The average molecular weight is 281 g/mol. The van der Waals surface area contributed by atoms with Crippen LogP contribution in [0.5, 0.6) is 0 Å². The van der Waals surface area contributed by atoms with Crippen LogP contribution in [0, 0.1) is 16.0 Å². The first-order valence-electron chi connectivity index (χ1n) is 5.81. The van der Waals surface area contributed by atoms with Crippen molar-refractivity contribution in [2.75, 3.05) is 0 Å².